The van der Waals surface area contributed by atoms with E-state index in [2.05, 4.69) is 26.1 Å². The molecule has 0 heterocycles. The van der Waals surface area contributed by atoms with Crippen LogP contribution in [0.2, 0.25) is 0 Å². The highest BCUT2D eigenvalue weighted by Crippen LogP contribution is 2.38. The lowest BCUT2D eigenvalue weighted by Crippen LogP contribution is -2.47. The number of unbranched alkanes of at least 4 members (excludes halogenated alkanes) is 33. The highest BCUT2D eigenvalue weighted by atomic mass is 31.2. The van der Waals surface area contributed by atoms with E-state index in [1.807, 2.05) is 33.3 Å². The minimum absolute atomic E-state index is 0.0173. The fraction of sp³-hybridized carbons (Fsp3) is 0.925. The van der Waals surface area contributed by atoms with Gasteiger partial charge in [0.2, 0.25) is 5.91 Å². The SMILES string of the molecule is CCCCCCCCCCCC/C=C/C(OC(=O)CCCCCCCCCCCCC)C(COP(=O)([O-])OCC[N+](C)(C)C)NC(=O)CCCCCCCCCCCCCCCC. The van der Waals surface area contributed by atoms with Crippen LogP contribution in [0.5, 0.6) is 0 Å². The van der Waals surface area contributed by atoms with Gasteiger partial charge in [-0.1, -0.05) is 232 Å². The number of rotatable bonds is 49. The zero-order chi connectivity index (χ0) is 46.5. The predicted molar refractivity (Wildman–Crippen MR) is 266 cm³/mol. The molecule has 0 saturated carbocycles. The van der Waals surface area contributed by atoms with Crippen molar-refractivity contribution < 1.29 is 37.3 Å². The largest absolute Gasteiger partial charge is 0.756 e. The fourth-order valence-electron chi connectivity index (χ4n) is 7.99. The highest BCUT2D eigenvalue weighted by Gasteiger charge is 2.27. The molecule has 1 amide bonds. The highest BCUT2D eigenvalue weighted by molar-refractivity contribution is 7.45. The molecule has 9 nitrogen and oxygen atoms in total. The normalized spacial score (nSPS) is 14.0. The summed E-state index contributed by atoms with van der Waals surface area (Å²) in [7, 11) is 1.20. The van der Waals surface area contributed by atoms with Crippen LogP contribution in [0, 0.1) is 0 Å². The Bertz CT molecular complexity index is 1100. The standard InChI is InChI=1S/C53H105N2O7P/c1-7-10-13-16-19-22-25-27-28-31-33-36-39-42-45-52(56)54-50(49-61-63(58,59)60-48-47-55(4,5)6)51(44-41-38-35-32-30-26-23-20-17-14-11-8-2)62-53(57)46-43-40-37-34-29-24-21-18-15-12-9-3/h41,44,50-51H,7-40,42-43,45-49H2,1-6H3,(H-,54,56,58,59)/b44-41+. The van der Waals surface area contributed by atoms with Crippen LogP contribution >= 0.6 is 7.82 Å². The Morgan fingerprint density at radius 1 is 0.540 bits per heavy atom. The molecule has 3 atom stereocenters. The molecule has 0 radical (unpaired) electrons. The second-order valence-electron chi connectivity index (χ2n) is 19.7. The maximum atomic E-state index is 13.4. The lowest BCUT2D eigenvalue weighted by molar-refractivity contribution is -0.870. The number of nitrogens with one attached hydrogen (secondary N) is 1. The number of likely N-dealkylation sites (N-methyl/N-ethyl adjacent to an activating group) is 1. The molecule has 0 aromatic carbocycles. The molecule has 0 aromatic rings. The Morgan fingerprint density at radius 3 is 1.30 bits per heavy atom. The van der Waals surface area contributed by atoms with E-state index >= 15 is 0 Å². The number of quaternary nitrogens is 1. The molecule has 0 aromatic heterocycles. The Kier molecular flexibility index (Phi) is 43.7. The number of phosphoric acid groups is 1. The van der Waals surface area contributed by atoms with Gasteiger partial charge in [-0.3, -0.25) is 14.2 Å². The third-order valence-corrected chi connectivity index (χ3v) is 13.2. The summed E-state index contributed by atoms with van der Waals surface area (Å²) in [6, 6.07) is -0.876. The van der Waals surface area contributed by atoms with Crippen molar-refractivity contribution in [2.75, 3.05) is 40.9 Å². The number of esters is 1. The van der Waals surface area contributed by atoms with E-state index < -0.39 is 20.0 Å². The first-order valence-corrected chi connectivity index (χ1v) is 28.5. The van der Waals surface area contributed by atoms with Crippen LogP contribution in [0.4, 0.5) is 0 Å². The Morgan fingerprint density at radius 2 is 0.905 bits per heavy atom. The molecule has 3 unspecified atom stereocenters. The monoisotopic (exact) mass is 913 g/mol. The van der Waals surface area contributed by atoms with Gasteiger partial charge in [-0.05, 0) is 31.8 Å². The Labute approximate surface area is 391 Å². The van der Waals surface area contributed by atoms with Crippen molar-refractivity contribution >= 4 is 19.7 Å². The molecule has 0 rings (SSSR count). The number of hydrogen-bond donors (Lipinski definition) is 1. The van der Waals surface area contributed by atoms with Crippen LogP contribution in [0.25, 0.3) is 0 Å². The van der Waals surface area contributed by atoms with Gasteiger partial charge in [0, 0.05) is 12.8 Å². The molecule has 0 saturated heterocycles. The zero-order valence-corrected chi connectivity index (χ0v) is 43.4. The number of nitrogens with zero attached hydrogens (tertiary/aromatic N) is 1. The summed E-state index contributed by atoms with van der Waals surface area (Å²) in [6.45, 7) is 6.85. The molecular formula is C53H105N2O7P. The number of hydrogen-bond acceptors (Lipinski definition) is 7. The molecule has 0 bridgehead atoms. The summed E-state index contributed by atoms with van der Waals surface area (Å²) in [5, 5.41) is 3.02. The number of amides is 1. The van der Waals surface area contributed by atoms with E-state index in [9.17, 15) is 19.0 Å². The van der Waals surface area contributed by atoms with E-state index in [1.54, 1.807) is 0 Å². The number of allylic oxidation sites excluding steroid dienone is 1. The van der Waals surface area contributed by atoms with Crippen molar-refractivity contribution in [1.82, 2.24) is 5.32 Å². The van der Waals surface area contributed by atoms with Crippen LogP contribution in [0.1, 0.15) is 265 Å². The molecule has 0 aliphatic rings. The van der Waals surface area contributed by atoms with Gasteiger partial charge in [-0.2, -0.15) is 0 Å². The lowest BCUT2D eigenvalue weighted by atomic mass is 10.0. The smallest absolute Gasteiger partial charge is 0.306 e. The molecule has 1 N–H and O–H groups in total. The molecule has 0 aliphatic heterocycles. The maximum Gasteiger partial charge on any atom is 0.306 e. The second-order valence-corrected chi connectivity index (χ2v) is 21.2. The average molecular weight is 913 g/mol. The van der Waals surface area contributed by atoms with E-state index in [0.717, 1.165) is 57.8 Å². The van der Waals surface area contributed by atoms with E-state index in [1.165, 1.54) is 173 Å². The summed E-state index contributed by atoms with van der Waals surface area (Å²) in [5.74, 6) is -0.529. The molecule has 0 aliphatic carbocycles. The molecule has 374 valence electrons. The van der Waals surface area contributed by atoms with Crippen LogP contribution in [-0.2, 0) is 27.9 Å². The van der Waals surface area contributed by atoms with Crippen molar-refractivity contribution in [3.8, 4) is 0 Å². The quantitative estimate of drug-likeness (QED) is 0.0213. The van der Waals surface area contributed by atoms with Crippen molar-refractivity contribution in [1.29, 1.82) is 0 Å². The van der Waals surface area contributed by atoms with Gasteiger partial charge < -0.3 is 28.5 Å². The first kappa shape index (κ1) is 61.8. The molecule has 0 fully saturated rings. The fourth-order valence-corrected chi connectivity index (χ4v) is 8.72. The molecule has 10 heteroatoms. The first-order chi connectivity index (χ1) is 30.4. The number of ether oxygens (including phenoxy) is 1. The van der Waals surface area contributed by atoms with E-state index in [4.69, 9.17) is 13.8 Å². The predicted octanol–water partition coefficient (Wildman–Crippen LogP) is 15.0. The van der Waals surface area contributed by atoms with Crippen LogP contribution < -0.4 is 10.2 Å². The Hall–Kier alpha value is -1.25. The number of carbonyl (C=O) groups excluding carboxylic acids is 2. The molecule has 0 spiro atoms. The van der Waals surface area contributed by atoms with Gasteiger partial charge >= 0.3 is 5.97 Å². The minimum Gasteiger partial charge on any atom is -0.756 e. The third-order valence-electron chi connectivity index (χ3n) is 12.2. The van der Waals surface area contributed by atoms with Crippen LogP contribution in [0.3, 0.4) is 0 Å². The summed E-state index contributed by atoms with van der Waals surface area (Å²) in [4.78, 5) is 39.7. The van der Waals surface area contributed by atoms with Crippen LogP contribution in [0.15, 0.2) is 12.2 Å². The number of carbonyl (C=O) groups is 2. The summed E-state index contributed by atoms with van der Waals surface area (Å²) < 4.78 is 30.1. The van der Waals surface area contributed by atoms with Crippen molar-refractivity contribution in [3.63, 3.8) is 0 Å². The topological polar surface area (TPSA) is 114 Å². The van der Waals surface area contributed by atoms with Gasteiger partial charge in [0.1, 0.15) is 19.3 Å². The summed E-state index contributed by atoms with van der Waals surface area (Å²) in [6.07, 6.45) is 47.4. The minimum atomic E-state index is -4.68. The summed E-state index contributed by atoms with van der Waals surface area (Å²) in [5.41, 5.74) is 0. The molecular weight excluding hydrogens is 808 g/mol. The molecule has 63 heavy (non-hydrogen) atoms. The first-order valence-electron chi connectivity index (χ1n) is 27.0. The average Bonchev–Trinajstić information content (AvgIpc) is 3.23. The maximum absolute atomic E-state index is 13.4. The van der Waals surface area contributed by atoms with Crippen molar-refractivity contribution in [2.45, 2.75) is 277 Å². The van der Waals surface area contributed by atoms with Gasteiger partial charge in [0.05, 0.1) is 33.8 Å². The van der Waals surface area contributed by atoms with Gasteiger partial charge in [-0.15, -0.1) is 0 Å². The van der Waals surface area contributed by atoms with Gasteiger partial charge in [0.25, 0.3) is 7.82 Å². The van der Waals surface area contributed by atoms with Crippen molar-refractivity contribution in [2.24, 2.45) is 0 Å². The lowest BCUT2D eigenvalue weighted by Gasteiger charge is -2.30. The summed E-state index contributed by atoms with van der Waals surface area (Å²) >= 11 is 0. The number of phosphoric ester groups is 1. The van der Waals surface area contributed by atoms with E-state index in [0.29, 0.717) is 17.4 Å². The Balaban J connectivity index is 5.37. The van der Waals surface area contributed by atoms with Gasteiger partial charge in [0.15, 0.2) is 0 Å². The van der Waals surface area contributed by atoms with Crippen LogP contribution in [-0.4, -0.2) is 69.4 Å². The van der Waals surface area contributed by atoms with Crippen molar-refractivity contribution in [3.05, 3.63) is 12.2 Å². The van der Waals surface area contributed by atoms with E-state index in [-0.39, 0.29) is 31.5 Å². The van der Waals surface area contributed by atoms with Gasteiger partial charge in [-0.25, -0.2) is 0 Å². The second kappa shape index (κ2) is 44.6. The zero-order valence-electron chi connectivity index (χ0n) is 42.6. The third kappa shape index (κ3) is 45.7.